The minimum absolute atomic E-state index is 0.181. The molecule has 7 heteroatoms. The van der Waals surface area contributed by atoms with Gasteiger partial charge in [-0.15, -0.1) is 0 Å². The van der Waals surface area contributed by atoms with Gasteiger partial charge in [-0.05, 0) is 5.92 Å². The molecule has 2 aromatic rings. The Morgan fingerprint density at radius 1 is 1.47 bits per heavy atom. The first-order valence-corrected chi connectivity index (χ1v) is 6.29. The van der Waals surface area contributed by atoms with Crippen molar-refractivity contribution >= 4 is 17.0 Å². The van der Waals surface area contributed by atoms with Crippen molar-refractivity contribution in [2.45, 2.75) is 13.8 Å². The van der Waals surface area contributed by atoms with Gasteiger partial charge >= 0.3 is 0 Å². The zero-order chi connectivity index (χ0) is 13.8. The first kappa shape index (κ1) is 13.5. The lowest BCUT2D eigenvalue weighted by molar-refractivity contribution is 0.204. The third-order valence-corrected chi connectivity index (χ3v) is 2.76. The van der Waals surface area contributed by atoms with Crippen LogP contribution in [0.25, 0.3) is 11.0 Å². The lowest BCUT2D eigenvalue weighted by Crippen LogP contribution is -2.33. The van der Waals surface area contributed by atoms with Crippen molar-refractivity contribution in [3.63, 3.8) is 0 Å². The van der Waals surface area contributed by atoms with Gasteiger partial charge in [0.05, 0.1) is 12.8 Å². The summed E-state index contributed by atoms with van der Waals surface area (Å²) in [4.78, 5) is 21.1. The fourth-order valence-corrected chi connectivity index (χ4v) is 1.91. The second kappa shape index (κ2) is 5.83. The molecule has 0 radical (unpaired) electrons. The van der Waals surface area contributed by atoms with Gasteiger partial charge in [-0.25, -0.2) is 0 Å². The highest BCUT2D eigenvalue weighted by Gasteiger charge is 2.13. The van der Waals surface area contributed by atoms with Crippen molar-refractivity contribution in [2.24, 2.45) is 5.92 Å². The van der Waals surface area contributed by atoms with Crippen molar-refractivity contribution < 1.29 is 4.74 Å². The van der Waals surface area contributed by atoms with E-state index in [1.807, 2.05) is 4.90 Å². The van der Waals surface area contributed by atoms with Gasteiger partial charge in [0.25, 0.3) is 5.56 Å². The topological polar surface area (TPSA) is 86.9 Å². The molecule has 19 heavy (non-hydrogen) atoms. The van der Waals surface area contributed by atoms with Crippen molar-refractivity contribution in [1.29, 1.82) is 0 Å². The SMILES string of the molecule is COCCN(CC(C)C)c1nc2[nH]ncc2c(=O)[nH]1. The van der Waals surface area contributed by atoms with Gasteiger partial charge in [-0.1, -0.05) is 13.8 Å². The maximum absolute atomic E-state index is 11.9. The Morgan fingerprint density at radius 3 is 2.95 bits per heavy atom. The summed E-state index contributed by atoms with van der Waals surface area (Å²) in [6.07, 6.45) is 1.48. The lowest BCUT2D eigenvalue weighted by Gasteiger charge is -2.24. The van der Waals surface area contributed by atoms with E-state index < -0.39 is 0 Å². The molecule has 2 rings (SSSR count). The number of fused-ring (bicyclic) bond motifs is 1. The standard InChI is InChI=1S/C12H19N5O2/c1-8(2)7-17(4-5-19-3)12-14-10-9(6-13-16-10)11(18)15-12/h6,8H,4-5,7H2,1-3H3,(H2,13,14,15,16,18). The number of hydrogen-bond donors (Lipinski definition) is 2. The van der Waals surface area contributed by atoms with Gasteiger partial charge in [-0.2, -0.15) is 10.1 Å². The summed E-state index contributed by atoms with van der Waals surface area (Å²) >= 11 is 0. The van der Waals surface area contributed by atoms with E-state index in [2.05, 4.69) is 34.0 Å². The Labute approximate surface area is 111 Å². The van der Waals surface area contributed by atoms with E-state index in [-0.39, 0.29) is 5.56 Å². The molecular weight excluding hydrogens is 246 g/mol. The molecule has 0 amide bonds. The van der Waals surface area contributed by atoms with E-state index in [1.54, 1.807) is 7.11 Å². The summed E-state index contributed by atoms with van der Waals surface area (Å²) in [6.45, 7) is 6.29. The molecule has 0 aliphatic carbocycles. The first-order chi connectivity index (χ1) is 9.11. The second-order valence-electron chi connectivity index (χ2n) is 4.85. The first-order valence-electron chi connectivity index (χ1n) is 6.29. The number of H-pyrrole nitrogens is 2. The van der Waals surface area contributed by atoms with Gasteiger partial charge in [0, 0.05) is 20.2 Å². The summed E-state index contributed by atoms with van der Waals surface area (Å²) in [5.74, 6) is 1.01. The third kappa shape index (κ3) is 3.11. The van der Waals surface area contributed by atoms with Crippen LogP contribution in [0.15, 0.2) is 11.0 Å². The molecule has 0 saturated carbocycles. The number of ether oxygens (including phenoxy) is 1. The molecule has 2 heterocycles. The molecule has 0 aliphatic rings. The highest BCUT2D eigenvalue weighted by atomic mass is 16.5. The molecule has 0 bridgehead atoms. The summed E-state index contributed by atoms with van der Waals surface area (Å²) < 4.78 is 5.10. The number of anilines is 1. The molecule has 0 fully saturated rings. The average molecular weight is 265 g/mol. The number of rotatable bonds is 6. The van der Waals surface area contributed by atoms with Crippen molar-refractivity contribution in [1.82, 2.24) is 20.2 Å². The van der Waals surface area contributed by atoms with Crippen LogP contribution in [-0.4, -0.2) is 47.0 Å². The number of methoxy groups -OCH3 is 1. The fourth-order valence-electron chi connectivity index (χ4n) is 1.91. The quantitative estimate of drug-likeness (QED) is 0.805. The van der Waals surface area contributed by atoms with Gasteiger partial charge in [0.2, 0.25) is 5.95 Å². The van der Waals surface area contributed by atoms with Crippen LogP contribution in [0.5, 0.6) is 0 Å². The Balaban J connectivity index is 2.34. The smallest absolute Gasteiger partial charge is 0.263 e. The predicted octanol–water partition coefficient (Wildman–Crippen LogP) is 0.755. The molecule has 2 aromatic heterocycles. The van der Waals surface area contributed by atoms with Crippen LogP contribution in [0.1, 0.15) is 13.8 Å². The van der Waals surface area contributed by atoms with Crippen LogP contribution in [-0.2, 0) is 4.74 Å². The number of nitrogens with one attached hydrogen (secondary N) is 2. The van der Waals surface area contributed by atoms with Crippen LogP contribution in [0.3, 0.4) is 0 Å². The van der Waals surface area contributed by atoms with Crippen molar-refractivity contribution in [3.05, 3.63) is 16.6 Å². The van der Waals surface area contributed by atoms with Crippen LogP contribution in [0.4, 0.5) is 5.95 Å². The maximum Gasteiger partial charge on any atom is 0.263 e. The van der Waals surface area contributed by atoms with Gasteiger partial charge < -0.3 is 9.64 Å². The van der Waals surface area contributed by atoms with Crippen LogP contribution < -0.4 is 10.5 Å². The number of hydrogen-bond acceptors (Lipinski definition) is 5. The molecule has 104 valence electrons. The molecule has 7 nitrogen and oxygen atoms in total. The van der Waals surface area contributed by atoms with Crippen LogP contribution >= 0.6 is 0 Å². The molecular formula is C12H19N5O2. The summed E-state index contributed by atoms with van der Waals surface area (Å²) in [6, 6.07) is 0. The zero-order valence-electron chi connectivity index (χ0n) is 11.4. The minimum atomic E-state index is -0.181. The Hall–Kier alpha value is -1.89. The van der Waals surface area contributed by atoms with Crippen LogP contribution in [0.2, 0.25) is 0 Å². The highest BCUT2D eigenvalue weighted by Crippen LogP contribution is 2.11. The molecule has 0 unspecified atom stereocenters. The highest BCUT2D eigenvalue weighted by molar-refractivity contribution is 5.73. The minimum Gasteiger partial charge on any atom is -0.383 e. The van der Waals surface area contributed by atoms with Gasteiger partial charge in [0.1, 0.15) is 5.39 Å². The van der Waals surface area contributed by atoms with Gasteiger partial charge in [0.15, 0.2) is 5.65 Å². The molecule has 0 aromatic carbocycles. The predicted molar refractivity (Wildman–Crippen MR) is 73.4 cm³/mol. The van der Waals surface area contributed by atoms with Gasteiger partial charge in [-0.3, -0.25) is 14.9 Å². The second-order valence-corrected chi connectivity index (χ2v) is 4.85. The maximum atomic E-state index is 11.9. The normalized spacial score (nSPS) is 11.4. The van der Waals surface area contributed by atoms with E-state index in [4.69, 9.17) is 4.74 Å². The average Bonchev–Trinajstić information content (AvgIpc) is 2.82. The van der Waals surface area contributed by atoms with Crippen molar-refractivity contribution in [2.75, 3.05) is 31.7 Å². The summed E-state index contributed by atoms with van der Waals surface area (Å²) in [7, 11) is 1.65. The van der Waals surface area contributed by atoms with E-state index in [9.17, 15) is 4.79 Å². The van der Waals surface area contributed by atoms with Crippen molar-refractivity contribution in [3.8, 4) is 0 Å². The largest absolute Gasteiger partial charge is 0.383 e. The molecule has 0 spiro atoms. The van der Waals surface area contributed by atoms with E-state index in [1.165, 1.54) is 6.20 Å². The number of aromatic amines is 2. The zero-order valence-corrected chi connectivity index (χ0v) is 11.4. The summed E-state index contributed by atoms with van der Waals surface area (Å²) in [5, 5.41) is 7.03. The van der Waals surface area contributed by atoms with Crippen LogP contribution in [0, 0.1) is 5.92 Å². The molecule has 0 saturated heterocycles. The Morgan fingerprint density at radius 2 is 2.26 bits per heavy atom. The van der Waals surface area contributed by atoms with E-state index >= 15 is 0 Å². The molecule has 0 atom stereocenters. The monoisotopic (exact) mass is 265 g/mol. The van der Waals surface area contributed by atoms with E-state index in [0.29, 0.717) is 36.1 Å². The summed E-state index contributed by atoms with van der Waals surface area (Å²) in [5.41, 5.74) is 0.324. The Kier molecular flexibility index (Phi) is 4.16. The molecule has 2 N–H and O–H groups in total. The van der Waals surface area contributed by atoms with E-state index in [0.717, 1.165) is 6.54 Å². The third-order valence-electron chi connectivity index (χ3n) is 2.76. The Bertz CT molecular complexity index is 589. The number of aromatic nitrogens is 4. The molecule has 0 aliphatic heterocycles. The lowest BCUT2D eigenvalue weighted by atomic mass is 10.2. The number of nitrogens with zero attached hydrogens (tertiary/aromatic N) is 3. The fraction of sp³-hybridized carbons (Fsp3) is 0.583.